The molecule has 1 aliphatic heterocycles. The van der Waals surface area contributed by atoms with Gasteiger partial charge in [-0.3, -0.25) is 4.79 Å². The number of anilines is 1. The van der Waals surface area contributed by atoms with Crippen molar-refractivity contribution in [2.75, 3.05) is 32.1 Å². The number of benzene rings is 3. The Morgan fingerprint density at radius 3 is 2.46 bits per heavy atom. The molecule has 3 N–H and O–H groups in total. The highest BCUT2D eigenvalue weighted by Crippen LogP contribution is 2.21. The molecule has 2 amide bonds. The average Bonchev–Trinajstić information content (AvgIpc) is 3.11. The second-order valence-corrected chi connectivity index (χ2v) is 11.0. The number of methoxy groups -OCH3 is 1. The van der Waals surface area contributed by atoms with Crippen LogP contribution in [0.15, 0.2) is 97.2 Å². The number of nitriles is 1. The quantitative estimate of drug-likeness (QED) is 0.204. The Morgan fingerprint density at radius 1 is 0.978 bits per heavy atom. The van der Waals surface area contributed by atoms with Gasteiger partial charge in [0, 0.05) is 25.7 Å². The number of carbonyl (C=O) groups is 2. The van der Waals surface area contributed by atoms with Crippen molar-refractivity contribution in [2.45, 2.75) is 37.5 Å². The van der Waals surface area contributed by atoms with Crippen LogP contribution in [0.1, 0.15) is 23.1 Å². The predicted molar refractivity (Wildman–Crippen MR) is 174 cm³/mol. The molecule has 10 heteroatoms. The summed E-state index contributed by atoms with van der Waals surface area (Å²) in [6.45, 7) is 1.75. The van der Waals surface area contributed by atoms with Gasteiger partial charge in [0.2, 0.25) is 5.91 Å². The molecule has 3 atom stereocenters. The predicted octanol–water partition coefficient (Wildman–Crippen LogP) is 4.89. The van der Waals surface area contributed by atoms with Gasteiger partial charge in [-0.15, -0.1) is 0 Å². The maximum Gasteiger partial charge on any atom is 0.407 e. The summed E-state index contributed by atoms with van der Waals surface area (Å²) in [6, 6.07) is 29.9. The van der Waals surface area contributed by atoms with E-state index in [1.165, 1.54) is 7.11 Å². The molecule has 2 heterocycles. The van der Waals surface area contributed by atoms with E-state index in [1.807, 2.05) is 66.7 Å². The number of rotatable bonds is 12. The zero-order valence-corrected chi connectivity index (χ0v) is 25.6. The number of aryl methyl sites for hydroxylation is 1. The van der Waals surface area contributed by atoms with Crippen LogP contribution in [0, 0.1) is 11.3 Å². The van der Waals surface area contributed by atoms with Crippen LogP contribution in [0.25, 0.3) is 11.1 Å². The number of pyridine rings is 1. The number of amides is 2. The van der Waals surface area contributed by atoms with Gasteiger partial charge >= 0.3 is 6.09 Å². The maximum absolute atomic E-state index is 13.5. The Hall–Kier alpha value is -5.24. The molecule has 0 aliphatic carbocycles. The van der Waals surface area contributed by atoms with E-state index < -0.39 is 18.0 Å². The molecule has 0 bridgehead atoms. The van der Waals surface area contributed by atoms with Gasteiger partial charge in [-0.2, -0.15) is 5.26 Å². The smallest absolute Gasteiger partial charge is 0.407 e. The Bertz CT molecular complexity index is 1620. The number of ether oxygens (including phenoxy) is 3. The second kappa shape index (κ2) is 16.2. The zero-order chi connectivity index (χ0) is 32.1. The maximum atomic E-state index is 13.5. The molecule has 10 nitrogen and oxygen atoms in total. The minimum absolute atomic E-state index is 0.0559. The van der Waals surface area contributed by atoms with Gasteiger partial charge in [0.15, 0.2) is 0 Å². The summed E-state index contributed by atoms with van der Waals surface area (Å²) in [4.78, 5) is 30.1. The van der Waals surface area contributed by atoms with Crippen LogP contribution >= 0.6 is 0 Å². The van der Waals surface area contributed by atoms with Gasteiger partial charge in [0.1, 0.15) is 30.3 Å². The van der Waals surface area contributed by atoms with Crippen molar-refractivity contribution in [3.8, 4) is 22.9 Å². The lowest BCUT2D eigenvalue weighted by Gasteiger charge is -2.31. The highest BCUT2D eigenvalue weighted by molar-refractivity contribution is 5.96. The molecule has 4 aromatic rings. The second-order valence-electron chi connectivity index (χ2n) is 11.0. The van der Waals surface area contributed by atoms with Gasteiger partial charge in [-0.1, -0.05) is 60.7 Å². The first-order valence-corrected chi connectivity index (χ1v) is 15.2. The summed E-state index contributed by atoms with van der Waals surface area (Å²) < 4.78 is 17.0. The van der Waals surface area contributed by atoms with E-state index in [2.05, 4.69) is 27.0 Å². The molecule has 0 saturated carbocycles. The Morgan fingerprint density at radius 2 is 1.72 bits per heavy atom. The van der Waals surface area contributed by atoms with Gasteiger partial charge in [0.05, 0.1) is 24.8 Å². The van der Waals surface area contributed by atoms with Crippen molar-refractivity contribution in [3.05, 3.63) is 114 Å². The highest BCUT2D eigenvalue weighted by atomic mass is 16.5. The van der Waals surface area contributed by atoms with E-state index in [4.69, 9.17) is 19.5 Å². The summed E-state index contributed by atoms with van der Waals surface area (Å²) in [5.74, 6) is 0.728. The van der Waals surface area contributed by atoms with Crippen molar-refractivity contribution in [3.63, 3.8) is 0 Å². The minimum Gasteiger partial charge on any atom is -0.491 e. The number of hydrogen-bond donors (Lipinski definition) is 3. The number of aromatic nitrogens is 1. The van der Waals surface area contributed by atoms with Crippen LogP contribution in [0.3, 0.4) is 0 Å². The summed E-state index contributed by atoms with van der Waals surface area (Å²) in [6.07, 6.45) is 2.34. The Kier molecular flexibility index (Phi) is 11.3. The summed E-state index contributed by atoms with van der Waals surface area (Å²) in [5.41, 5.74) is 4.49. The monoisotopic (exact) mass is 619 g/mol. The lowest BCUT2D eigenvalue weighted by Crippen LogP contribution is -2.47. The van der Waals surface area contributed by atoms with E-state index >= 15 is 0 Å². The Labute approximate surface area is 268 Å². The van der Waals surface area contributed by atoms with E-state index in [9.17, 15) is 9.59 Å². The molecule has 0 radical (unpaired) electrons. The highest BCUT2D eigenvalue weighted by Gasteiger charge is 2.25. The topological polar surface area (TPSA) is 135 Å². The molecule has 1 aliphatic rings. The minimum atomic E-state index is -0.882. The van der Waals surface area contributed by atoms with Crippen molar-refractivity contribution in [1.82, 2.24) is 15.6 Å². The van der Waals surface area contributed by atoms with Crippen LogP contribution in [0.4, 0.5) is 10.6 Å². The largest absolute Gasteiger partial charge is 0.491 e. The SMILES string of the molecule is COC(=O)N[C@@H](Cc1ccc(-c2ccccc2)cc1)C(=O)Nc1ncccc1CC[C@@H]1CNC[C@@H](COc2ccc(C#N)cc2)O1. The number of carbonyl (C=O) groups excluding carboxylic acids is 2. The first kappa shape index (κ1) is 32.2. The van der Waals surface area contributed by atoms with Crippen LogP contribution < -0.4 is 20.7 Å². The third-order valence-electron chi connectivity index (χ3n) is 7.71. The van der Waals surface area contributed by atoms with Crippen LogP contribution in [0.2, 0.25) is 0 Å². The lowest BCUT2D eigenvalue weighted by molar-refractivity contribution is -0.118. The number of nitrogens with one attached hydrogen (secondary N) is 3. The molecule has 46 heavy (non-hydrogen) atoms. The summed E-state index contributed by atoms with van der Waals surface area (Å²) >= 11 is 0. The van der Waals surface area contributed by atoms with Gasteiger partial charge < -0.3 is 30.2 Å². The van der Waals surface area contributed by atoms with Gasteiger partial charge in [0.25, 0.3) is 0 Å². The van der Waals surface area contributed by atoms with Crippen molar-refractivity contribution in [2.24, 2.45) is 0 Å². The van der Waals surface area contributed by atoms with E-state index in [-0.39, 0.29) is 18.6 Å². The molecule has 0 spiro atoms. The third kappa shape index (κ3) is 9.14. The first-order valence-electron chi connectivity index (χ1n) is 15.2. The van der Waals surface area contributed by atoms with Crippen LogP contribution in [-0.4, -0.2) is 62.0 Å². The number of alkyl carbamates (subject to hydrolysis) is 1. The number of morpholine rings is 1. The molecule has 1 aromatic heterocycles. The fraction of sp³-hybridized carbons (Fsp3) is 0.278. The van der Waals surface area contributed by atoms with Gasteiger partial charge in [-0.05, 0) is 65.4 Å². The molecule has 3 aromatic carbocycles. The molecule has 1 fully saturated rings. The molecule has 1 saturated heterocycles. The standard InChI is InChI=1S/C36H37N5O5/c1-44-36(43)40-33(20-25-9-13-28(14-10-25)27-6-3-2-4-7-27)35(42)41-34-29(8-5-19-39-34)15-18-31-22-38-23-32(46-31)24-45-30-16-11-26(21-37)12-17-30/h2-14,16-17,19,31-33,38H,15,18,20,22-24H2,1H3,(H,40,43)(H,39,41,42)/t31-,32+,33+/m1/s1. The zero-order valence-electron chi connectivity index (χ0n) is 25.6. The van der Waals surface area contributed by atoms with Crippen molar-refractivity contribution in [1.29, 1.82) is 5.26 Å². The summed E-state index contributed by atoms with van der Waals surface area (Å²) in [7, 11) is 1.27. The number of hydrogen-bond acceptors (Lipinski definition) is 8. The third-order valence-corrected chi connectivity index (χ3v) is 7.71. The van der Waals surface area contributed by atoms with Crippen LogP contribution in [-0.2, 0) is 27.1 Å². The fourth-order valence-corrected chi connectivity index (χ4v) is 5.24. The molecule has 5 rings (SSSR count). The van der Waals surface area contributed by atoms with E-state index in [0.29, 0.717) is 49.7 Å². The fourth-order valence-electron chi connectivity index (χ4n) is 5.24. The first-order chi connectivity index (χ1) is 22.5. The molecular formula is C36H37N5O5. The van der Waals surface area contributed by atoms with Gasteiger partial charge in [-0.25, -0.2) is 9.78 Å². The molecule has 236 valence electrons. The normalized spacial score (nSPS) is 16.4. The van der Waals surface area contributed by atoms with E-state index in [1.54, 1.807) is 30.5 Å². The van der Waals surface area contributed by atoms with Crippen LogP contribution in [0.5, 0.6) is 5.75 Å². The molecule has 0 unspecified atom stereocenters. The average molecular weight is 620 g/mol. The number of nitrogens with zero attached hydrogens (tertiary/aromatic N) is 2. The summed E-state index contributed by atoms with van der Waals surface area (Å²) in [5, 5.41) is 18.0. The molecular weight excluding hydrogens is 582 g/mol. The van der Waals surface area contributed by atoms with Crippen molar-refractivity contribution < 1.29 is 23.8 Å². The van der Waals surface area contributed by atoms with Crippen molar-refractivity contribution >= 4 is 17.8 Å². The van der Waals surface area contributed by atoms with E-state index in [0.717, 1.165) is 22.3 Å². The lowest BCUT2D eigenvalue weighted by atomic mass is 10.00. The Balaban J connectivity index is 1.17.